The lowest BCUT2D eigenvalue weighted by atomic mass is 10.3. The Morgan fingerprint density at radius 2 is 2.57 bits per heavy atom. The van der Waals surface area contributed by atoms with Gasteiger partial charge >= 0.3 is 0 Å². The third-order valence-electron chi connectivity index (χ3n) is 3.16. The molecule has 0 bridgehead atoms. The minimum Gasteiger partial charge on any atom is -0.355 e. The monoisotopic (exact) mass is 284 g/mol. The highest BCUT2D eigenvalue weighted by Gasteiger charge is 2.20. The molecule has 0 aliphatic carbocycles. The molecule has 1 saturated heterocycles. The van der Waals surface area contributed by atoms with E-state index in [1.54, 1.807) is 18.5 Å². The van der Waals surface area contributed by atoms with Crippen molar-refractivity contribution in [2.24, 2.45) is 10.7 Å². The topological polar surface area (TPSA) is 79.4 Å². The lowest BCUT2D eigenvalue weighted by Gasteiger charge is -2.17. The molecule has 21 heavy (non-hydrogen) atoms. The molecular formula is C15H20N6. The predicted molar refractivity (Wildman–Crippen MR) is 86.4 cm³/mol. The molecule has 1 aromatic heterocycles. The van der Waals surface area contributed by atoms with Crippen molar-refractivity contribution in [3.8, 4) is 12.3 Å². The van der Waals surface area contributed by atoms with E-state index in [0.29, 0.717) is 12.5 Å². The van der Waals surface area contributed by atoms with E-state index in [-0.39, 0.29) is 6.04 Å². The van der Waals surface area contributed by atoms with Crippen LogP contribution in [0.2, 0.25) is 0 Å². The standard InChI is InChI=1S/C15H20N6/c1-3-5-13(17-4-2)10-19-15-18-8-6-14(20-15)21-9-7-12(16)11-21/h1,4-6,8,12H,7,9-11,16H2,2H3,(H,18,19,20)/b13-5-,17-4?/t12-/m0/s1. The van der Waals surface area contributed by atoms with E-state index >= 15 is 0 Å². The number of anilines is 2. The lowest BCUT2D eigenvalue weighted by Crippen LogP contribution is -2.27. The Balaban J connectivity index is 2.01. The maximum absolute atomic E-state index is 5.92. The van der Waals surface area contributed by atoms with Crippen molar-refractivity contribution >= 4 is 18.0 Å². The summed E-state index contributed by atoms with van der Waals surface area (Å²) >= 11 is 0. The predicted octanol–water partition coefficient (Wildman–Crippen LogP) is 1.03. The van der Waals surface area contributed by atoms with Crippen LogP contribution in [0.25, 0.3) is 0 Å². The Hall–Kier alpha value is -2.39. The van der Waals surface area contributed by atoms with Gasteiger partial charge in [-0.25, -0.2) is 4.98 Å². The molecule has 3 N–H and O–H groups in total. The zero-order valence-corrected chi connectivity index (χ0v) is 12.2. The highest BCUT2D eigenvalue weighted by atomic mass is 15.2. The number of nitrogens with one attached hydrogen (secondary N) is 1. The van der Waals surface area contributed by atoms with E-state index in [1.807, 2.05) is 13.0 Å². The van der Waals surface area contributed by atoms with E-state index in [2.05, 4.69) is 31.1 Å². The van der Waals surface area contributed by atoms with Gasteiger partial charge in [-0.3, -0.25) is 4.99 Å². The molecule has 6 heteroatoms. The number of nitrogens with two attached hydrogens (primary N) is 1. The molecule has 0 radical (unpaired) electrons. The van der Waals surface area contributed by atoms with Crippen LogP contribution in [-0.2, 0) is 0 Å². The quantitative estimate of drug-likeness (QED) is 0.624. The molecule has 1 fully saturated rings. The Labute approximate surface area is 125 Å². The fourth-order valence-electron chi connectivity index (χ4n) is 2.17. The van der Waals surface area contributed by atoms with Gasteiger partial charge < -0.3 is 16.0 Å². The van der Waals surface area contributed by atoms with Crippen LogP contribution in [0.1, 0.15) is 13.3 Å². The summed E-state index contributed by atoms with van der Waals surface area (Å²) < 4.78 is 0. The first kappa shape index (κ1) is 15.0. The van der Waals surface area contributed by atoms with Gasteiger partial charge in [-0.2, -0.15) is 4.98 Å². The molecule has 1 aromatic rings. The van der Waals surface area contributed by atoms with Gasteiger partial charge in [0.25, 0.3) is 0 Å². The molecule has 1 aliphatic rings. The van der Waals surface area contributed by atoms with Gasteiger partial charge in [-0.1, -0.05) is 5.92 Å². The molecule has 0 aromatic carbocycles. The highest BCUT2D eigenvalue weighted by Crippen LogP contribution is 2.17. The van der Waals surface area contributed by atoms with E-state index < -0.39 is 0 Å². The molecule has 0 unspecified atom stereocenters. The summed E-state index contributed by atoms with van der Waals surface area (Å²) in [5.74, 6) is 3.92. The number of nitrogens with zero attached hydrogens (tertiary/aromatic N) is 4. The SMILES string of the molecule is C#C/C=C(/CNc1nccc(N2CC[C@H](N)C2)n1)N=CC. The van der Waals surface area contributed by atoms with Crippen LogP contribution in [0.4, 0.5) is 11.8 Å². The Morgan fingerprint density at radius 1 is 1.71 bits per heavy atom. The van der Waals surface area contributed by atoms with Gasteiger partial charge in [0.05, 0.1) is 12.2 Å². The van der Waals surface area contributed by atoms with E-state index in [0.717, 1.165) is 31.0 Å². The molecule has 1 aliphatic heterocycles. The Morgan fingerprint density at radius 3 is 3.24 bits per heavy atom. The maximum atomic E-state index is 5.92. The molecule has 0 spiro atoms. The number of allylic oxidation sites excluding steroid dienone is 1. The van der Waals surface area contributed by atoms with Crippen molar-refractivity contribution in [3.05, 3.63) is 24.0 Å². The largest absolute Gasteiger partial charge is 0.355 e. The number of hydrogen-bond donors (Lipinski definition) is 2. The normalized spacial score (nSPS) is 19.0. The second kappa shape index (κ2) is 7.41. The maximum Gasteiger partial charge on any atom is 0.224 e. The van der Waals surface area contributed by atoms with Crippen molar-refractivity contribution in [1.29, 1.82) is 0 Å². The van der Waals surface area contributed by atoms with E-state index in [9.17, 15) is 0 Å². The van der Waals surface area contributed by atoms with Crippen molar-refractivity contribution < 1.29 is 0 Å². The first-order chi connectivity index (χ1) is 10.2. The summed E-state index contributed by atoms with van der Waals surface area (Å²) in [4.78, 5) is 15.1. The van der Waals surface area contributed by atoms with Crippen molar-refractivity contribution in [3.63, 3.8) is 0 Å². The van der Waals surface area contributed by atoms with Crippen LogP contribution in [0.5, 0.6) is 0 Å². The average Bonchev–Trinajstić information content (AvgIpc) is 2.92. The Bertz CT molecular complexity index is 572. The number of hydrogen-bond acceptors (Lipinski definition) is 6. The van der Waals surface area contributed by atoms with Crippen LogP contribution >= 0.6 is 0 Å². The van der Waals surface area contributed by atoms with Gasteiger partial charge in [0.15, 0.2) is 0 Å². The molecule has 2 heterocycles. The molecule has 110 valence electrons. The van der Waals surface area contributed by atoms with Crippen LogP contribution in [-0.4, -0.2) is 41.9 Å². The molecule has 0 saturated carbocycles. The van der Waals surface area contributed by atoms with Crippen molar-refractivity contribution in [2.45, 2.75) is 19.4 Å². The molecule has 6 nitrogen and oxygen atoms in total. The van der Waals surface area contributed by atoms with Gasteiger partial charge in [-0.15, -0.1) is 6.42 Å². The number of aromatic nitrogens is 2. The van der Waals surface area contributed by atoms with Crippen LogP contribution in [0, 0.1) is 12.3 Å². The summed E-state index contributed by atoms with van der Waals surface area (Å²) in [6.07, 6.45) is 11.3. The van der Waals surface area contributed by atoms with Crippen LogP contribution < -0.4 is 16.0 Å². The zero-order valence-electron chi connectivity index (χ0n) is 12.2. The zero-order chi connectivity index (χ0) is 15.1. The Kier molecular flexibility index (Phi) is 5.29. The van der Waals surface area contributed by atoms with Gasteiger partial charge in [0.2, 0.25) is 5.95 Å². The smallest absolute Gasteiger partial charge is 0.224 e. The second-order valence-corrected chi connectivity index (χ2v) is 4.78. The fourth-order valence-corrected chi connectivity index (χ4v) is 2.17. The lowest BCUT2D eigenvalue weighted by molar-refractivity contribution is 0.751. The third-order valence-corrected chi connectivity index (χ3v) is 3.16. The number of terminal acetylenes is 1. The van der Waals surface area contributed by atoms with Crippen LogP contribution in [0.3, 0.4) is 0 Å². The average molecular weight is 284 g/mol. The molecular weight excluding hydrogens is 264 g/mol. The van der Waals surface area contributed by atoms with Crippen molar-refractivity contribution in [2.75, 3.05) is 29.9 Å². The molecule has 0 amide bonds. The summed E-state index contributed by atoms with van der Waals surface area (Å²) in [6.45, 7) is 4.09. The van der Waals surface area contributed by atoms with Gasteiger partial charge in [0, 0.05) is 37.6 Å². The summed E-state index contributed by atoms with van der Waals surface area (Å²) in [5, 5.41) is 3.13. The van der Waals surface area contributed by atoms with Gasteiger partial charge in [-0.05, 0) is 19.4 Å². The summed E-state index contributed by atoms with van der Waals surface area (Å²) in [5.41, 5.74) is 6.68. The minimum absolute atomic E-state index is 0.223. The number of aliphatic imine (C=N–C) groups is 1. The summed E-state index contributed by atoms with van der Waals surface area (Å²) in [7, 11) is 0. The summed E-state index contributed by atoms with van der Waals surface area (Å²) in [6, 6.07) is 2.12. The highest BCUT2D eigenvalue weighted by molar-refractivity contribution is 5.56. The fraction of sp³-hybridized carbons (Fsp3) is 0.400. The van der Waals surface area contributed by atoms with Gasteiger partial charge in [0.1, 0.15) is 5.82 Å². The van der Waals surface area contributed by atoms with E-state index in [4.69, 9.17) is 12.2 Å². The first-order valence-electron chi connectivity index (χ1n) is 6.94. The first-order valence-corrected chi connectivity index (χ1v) is 6.94. The third kappa shape index (κ3) is 4.29. The van der Waals surface area contributed by atoms with Crippen molar-refractivity contribution in [1.82, 2.24) is 9.97 Å². The van der Waals surface area contributed by atoms with Crippen LogP contribution in [0.15, 0.2) is 29.0 Å². The second-order valence-electron chi connectivity index (χ2n) is 4.78. The van der Waals surface area contributed by atoms with E-state index in [1.165, 1.54) is 0 Å². The number of rotatable bonds is 5. The minimum atomic E-state index is 0.223. The molecule has 2 rings (SSSR count). The molecule has 1 atom stereocenters.